The largest absolute Gasteiger partial charge is 0.348 e. The molecule has 26 heavy (non-hydrogen) atoms. The molecule has 0 saturated heterocycles. The van der Waals surface area contributed by atoms with E-state index in [4.69, 9.17) is 12.2 Å². The van der Waals surface area contributed by atoms with Crippen molar-refractivity contribution in [3.05, 3.63) is 89.8 Å². The number of aromatic nitrogens is 1. The summed E-state index contributed by atoms with van der Waals surface area (Å²) in [5.41, 5.74) is 2.27. The van der Waals surface area contributed by atoms with Crippen LogP contribution in [0.1, 0.15) is 17.3 Å². The standard InChI is InChI=1S/C20H17F2N3S/c21-14-7-9-15(10-8-14)23-20(26)25-13-12-24-11-3-6-18(24)19(25)16-4-1-2-5-17(16)22/h1-11,19H,12-13H2,(H,23,26)/t19-/m1/s1. The van der Waals surface area contributed by atoms with E-state index >= 15 is 0 Å². The molecule has 1 aliphatic rings. The van der Waals surface area contributed by atoms with Crippen LogP contribution in [0.2, 0.25) is 0 Å². The summed E-state index contributed by atoms with van der Waals surface area (Å²) in [5, 5.41) is 3.62. The van der Waals surface area contributed by atoms with Gasteiger partial charge in [0, 0.05) is 36.2 Å². The average molecular weight is 369 g/mol. The first-order valence-electron chi connectivity index (χ1n) is 8.36. The first-order valence-corrected chi connectivity index (χ1v) is 8.77. The molecule has 0 bridgehead atoms. The maximum absolute atomic E-state index is 14.5. The fourth-order valence-electron chi connectivity index (χ4n) is 3.35. The SMILES string of the molecule is Fc1ccc(NC(=S)N2CCn3cccc3[C@H]2c2ccccc2F)cc1. The van der Waals surface area contributed by atoms with Gasteiger partial charge in [0.25, 0.3) is 0 Å². The normalized spacial score (nSPS) is 16.2. The zero-order chi connectivity index (χ0) is 18.1. The summed E-state index contributed by atoms with van der Waals surface area (Å²) in [6, 6.07) is 16.4. The van der Waals surface area contributed by atoms with Crippen molar-refractivity contribution in [2.75, 3.05) is 11.9 Å². The predicted molar refractivity (Wildman–Crippen MR) is 102 cm³/mol. The number of rotatable bonds is 2. The van der Waals surface area contributed by atoms with E-state index in [9.17, 15) is 8.78 Å². The minimum Gasteiger partial charge on any atom is -0.348 e. The van der Waals surface area contributed by atoms with Gasteiger partial charge in [0.1, 0.15) is 11.6 Å². The lowest BCUT2D eigenvalue weighted by Crippen LogP contribution is -2.44. The van der Waals surface area contributed by atoms with Crippen LogP contribution in [0.4, 0.5) is 14.5 Å². The fourth-order valence-corrected chi connectivity index (χ4v) is 3.67. The van der Waals surface area contributed by atoms with Gasteiger partial charge in [0.05, 0.1) is 6.04 Å². The van der Waals surface area contributed by atoms with Crippen LogP contribution in [0.3, 0.4) is 0 Å². The van der Waals surface area contributed by atoms with Crippen molar-refractivity contribution in [3.8, 4) is 0 Å². The molecule has 132 valence electrons. The Labute approximate surface area is 155 Å². The van der Waals surface area contributed by atoms with Gasteiger partial charge in [-0.3, -0.25) is 0 Å². The van der Waals surface area contributed by atoms with Gasteiger partial charge in [-0.25, -0.2) is 8.78 Å². The minimum atomic E-state index is -0.319. The molecule has 0 fully saturated rings. The Morgan fingerprint density at radius 2 is 1.73 bits per heavy atom. The Kier molecular flexibility index (Phi) is 4.42. The molecule has 3 nitrogen and oxygen atoms in total. The highest BCUT2D eigenvalue weighted by atomic mass is 32.1. The summed E-state index contributed by atoms with van der Waals surface area (Å²) < 4.78 is 29.8. The number of thiocarbonyl (C=S) groups is 1. The Hall–Kier alpha value is -2.73. The molecule has 0 radical (unpaired) electrons. The van der Waals surface area contributed by atoms with Crippen molar-refractivity contribution in [2.24, 2.45) is 0 Å². The van der Waals surface area contributed by atoms with Gasteiger partial charge in [-0.2, -0.15) is 0 Å². The zero-order valence-corrected chi connectivity index (χ0v) is 14.7. The molecule has 0 aliphatic carbocycles. The van der Waals surface area contributed by atoms with Crippen LogP contribution in [-0.4, -0.2) is 21.1 Å². The number of anilines is 1. The molecule has 1 atom stereocenters. The lowest BCUT2D eigenvalue weighted by atomic mass is 10.00. The summed E-state index contributed by atoms with van der Waals surface area (Å²) in [7, 11) is 0. The third kappa shape index (κ3) is 3.08. The van der Waals surface area contributed by atoms with Gasteiger partial charge < -0.3 is 14.8 Å². The number of halogens is 2. The summed E-state index contributed by atoms with van der Waals surface area (Å²) in [6.07, 6.45) is 2.00. The number of nitrogens with one attached hydrogen (secondary N) is 1. The number of hydrogen-bond donors (Lipinski definition) is 1. The van der Waals surface area contributed by atoms with E-state index in [0.717, 1.165) is 12.2 Å². The van der Waals surface area contributed by atoms with Gasteiger partial charge in [-0.15, -0.1) is 0 Å². The summed E-state index contributed by atoms with van der Waals surface area (Å²) >= 11 is 5.60. The molecule has 0 spiro atoms. The molecule has 0 amide bonds. The first kappa shape index (κ1) is 16.7. The van der Waals surface area contributed by atoms with Crippen molar-refractivity contribution in [1.82, 2.24) is 9.47 Å². The molecule has 4 rings (SSSR count). The lowest BCUT2D eigenvalue weighted by Gasteiger charge is -2.39. The Bertz CT molecular complexity index is 936. The lowest BCUT2D eigenvalue weighted by molar-refractivity contribution is 0.288. The van der Waals surface area contributed by atoms with Gasteiger partial charge in [0.2, 0.25) is 0 Å². The Morgan fingerprint density at radius 1 is 0.962 bits per heavy atom. The van der Waals surface area contributed by atoms with Crippen LogP contribution in [0.5, 0.6) is 0 Å². The molecule has 1 aromatic heterocycles. The van der Waals surface area contributed by atoms with Crippen LogP contribution < -0.4 is 5.32 Å². The second-order valence-electron chi connectivity index (χ2n) is 6.18. The van der Waals surface area contributed by atoms with E-state index < -0.39 is 0 Å². The Morgan fingerprint density at radius 3 is 2.50 bits per heavy atom. The summed E-state index contributed by atoms with van der Waals surface area (Å²) in [4.78, 5) is 1.98. The van der Waals surface area contributed by atoms with Crippen LogP contribution in [0.25, 0.3) is 0 Å². The van der Waals surface area contributed by atoms with E-state index in [1.54, 1.807) is 24.3 Å². The zero-order valence-electron chi connectivity index (χ0n) is 13.9. The molecule has 2 aromatic carbocycles. The number of benzene rings is 2. The maximum atomic E-state index is 14.5. The first-order chi connectivity index (χ1) is 12.6. The van der Waals surface area contributed by atoms with Gasteiger partial charge in [-0.1, -0.05) is 18.2 Å². The van der Waals surface area contributed by atoms with Gasteiger partial charge >= 0.3 is 0 Å². The van der Waals surface area contributed by atoms with E-state index in [2.05, 4.69) is 9.88 Å². The summed E-state index contributed by atoms with van der Waals surface area (Å²) in [6.45, 7) is 1.41. The van der Waals surface area contributed by atoms with Gasteiger partial charge in [-0.05, 0) is 54.7 Å². The average Bonchev–Trinajstić information content (AvgIpc) is 3.12. The molecule has 2 heterocycles. The molecule has 0 saturated carbocycles. The summed E-state index contributed by atoms with van der Waals surface area (Å²) in [5.74, 6) is -0.566. The third-order valence-electron chi connectivity index (χ3n) is 4.59. The molecule has 3 aromatic rings. The van der Waals surface area contributed by atoms with Crippen molar-refractivity contribution in [2.45, 2.75) is 12.6 Å². The van der Waals surface area contributed by atoms with Crippen molar-refractivity contribution < 1.29 is 8.78 Å². The van der Waals surface area contributed by atoms with Crippen LogP contribution >= 0.6 is 12.2 Å². The van der Waals surface area contributed by atoms with E-state index in [1.807, 2.05) is 29.3 Å². The molecule has 6 heteroatoms. The number of hydrogen-bond acceptors (Lipinski definition) is 1. The fraction of sp³-hybridized carbons (Fsp3) is 0.150. The molecular formula is C20H17F2N3S. The predicted octanol–water partition coefficient (Wildman–Crippen LogP) is 4.57. The van der Waals surface area contributed by atoms with Crippen LogP contribution in [-0.2, 0) is 6.54 Å². The van der Waals surface area contributed by atoms with E-state index in [0.29, 0.717) is 22.9 Å². The van der Waals surface area contributed by atoms with E-state index in [1.165, 1.54) is 18.2 Å². The van der Waals surface area contributed by atoms with Crippen molar-refractivity contribution in [1.29, 1.82) is 0 Å². The highest BCUT2D eigenvalue weighted by Gasteiger charge is 2.32. The highest BCUT2D eigenvalue weighted by Crippen LogP contribution is 2.34. The number of nitrogens with zero attached hydrogens (tertiary/aromatic N) is 2. The van der Waals surface area contributed by atoms with E-state index in [-0.39, 0.29) is 17.7 Å². The molecule has 1 N–H and O–H groups in total. The molecular weight excluding hydrogens is 352 g/mol. The molecule has 0 unspecified atom stereocenters. The third-order valence-corrected chi connectivity index (χ3v) is 4.93. The topological polar surface area (TPSA) is 20.2 Å². The van der Waals surface area contributed by atoms with Crippen LogP contribution in [0, 0.1) is 11.6 Å². The molecule has 1 aliphatic heterocycles. The Balaban J connectivity index is 1.69. The monoisotopic (exact) mass is 369 g/mol. The van der Waals surface area contributed by atoms with Crippen molar-refractivity contribution >= 4 is 23.0 Å². The minimum absolute atomic E-state index is 0.262. The van der Waals surface area contributed by atoms with Crippen LogP contribution in [0.15, 0.2) is 66.9 Å². The van der Waals surface area contributed by atoms with Crippen molar-refractivity contribution in [3.63, 3.8) is 0 Å². The van der Waals surface area contributed by atoms with Gasteiger partial charge in [0.15, 0.2) is 5.11 Å². The maximum Gasteiger partial charge on any atom is 0.174 e. The quantitative estimate of drug-likeness (QED) is 0.669. The second-order valence-corrected chi connectivity index (χ2v) is 6.57. The second kappa shape index (κ2) is 6.88. The number of fused-ring (bicyclic) bond motifs is 1. The highest BCUT2D eigenvalue weighted by molar-refractivity contribution is 7.80. The smallest absolute Gasteiger partial charge is 0.174 e.